The van der Waals surface area contributed by atoms with Gasteiger partial charge in [-0.05, 0) is 37.1 Å². The molecule has 0 saturated heterocycles. The van der Waals surface area contributed by atoms with Gasteiger partial charge in [-0.2, -0.15) is 0 Å². The molecule has 2 aromatic carbocycles. The van der Waals surface area contributed by atoms with Crippen molar-refractivity contribution >= 4 is 45.8 Å². The number of halogens is 1. The molecule has 2 heterocycles. The highest BCUT2D eigenvalue weighted by molar-refractivity contribution is 6.34. The van der Waals surface area contributed by atoms with Crippen molar-refractivity contribution in [3.05, 3.63) is 73.3 Å². The predicted molar refractivity (Wildman–Crippen MR) is 125 cm³/mol. The molecule has 176 valence electrons. The summed E-state index contributed by atoms with van der Waals surface area (Å²) < 4.78 is 6.79. The lowest BCUT2D eigenvalue weighted by Gasteiger charge is -2.16. The number of aryl methyl sites for hydroxylation is 1. The van der Waals surface area contributed by atoms with E-state index >= 15 is 0 Å². The van der Waals surface area contributed by atoms with Gasteiger partial charge in [0.05, 0.1) is 32.1 Å². The normalized spacial score (nSPS) is 13.4. The van der Waals surface area contributed by atoms with Crippen LogP contribution in [0.2, 0.25) is 5.02 Å². The van der Waals surface area contributed by atoms with Crippen molar-refractivity contribution in [2.75, 3.05) is 11.9 Å². The SMILES string of the molecule is O=C(COC(=O)c1ccc2c(=O)n3c(nc2c1)CCCCCC3)Nc1ccc([N+](=O)[O-])cc1Cl. The number of ether oxygens (including phenoxy) is 1. The minimum absolute atomic E-state index is 0.0180. The Morgan fingerprint density at radius 2 is 1.94 bits per heavy atom. The molecule has 10 nitrogen and oxygen atoms in total. The van der Waals surface area contributed by atoms with Crippen molar-refractivity contribution in [3.63, 3.8) is 0 Å². The second kappa shape index (κ2) is 10.0. The third-order valence-electron chi connectivity index (χ3n) is 5.57. The first-order valence-corrected chi connectivity index (χ1v) is 11.2. The van der Waals surface area contributed by atoms with Crippen molar-refractivity contribution in [1.29, 1.82) is 0 Å². The van der Waals surface area contributed by atoms with Crippen LogP contribution in [0.1, 0.15) is 41.9 Å². The van der Waals surface area contributed by atoms with Crippen molar-refractivity contribution in [1.82, 2.24) is 9.55 Å². The maximum absolute atomic E-state index is 12.9. The van der Waals surface area contributed by atoms with Crippen molar-refractivity contribution in [3.8, 4) is 0 Å². The number of nitro benzene ring substituents is 1. The molecule has 11 heteroatoms. The fourth-order valence-corrected chi connectivity index (χ4v) is 4.06. The number of carbonyl (C=O) groups is 2. The van der Waals surface area contributed by atoms with E-state index < -0.39 is 23.4 Å². The standard InChI is InChI=1S/C23H21ClN4O6/c24-17-12-15(28(32)33)7-9-18(17)26-21(29)13-34-23(31)14-6-8-16-19(11-14)25-20-5-3-1-2-4-10-27(20)22(16)30/h6-9,11-12H,1-5,10,13H2,(H,26,29). The van der Waals surface area contributed by atoms with E-state index in [9.17, 15) is 24.5 Å². The second-order valence-corrected chi connectivity index (χ2v) is 8.33. The second-order valence-electron chi connectivity index (χ2n) is 7.93. The quantitative estimate of drug-likeness (QED) is 0.330. The molecule has 0 saturated carbocycles. The number of fused-ring (bicyclic) bond motifs is 2. The first-order chi connectivity index (χ1) is 16.3. The molecule has 1 aromatic heterocycles. The van der Waals surface area contributed by atoms with Crippen molar-refractivity contribution in [2.45, 2.75) is 38.6 Å². The number of non-ortho nitro benzene ring substituents is 1. The van der Waals surface area contributed by atoms with Gasteiger partial charge in [-0.25, -0.2) is 9.78 Å². The van der Waals surface area contributed by atoms with Gasteiger partial charge >= 0.3 is 5.97 Å². The third kappa shape index (κ3) is 5.07. The number of nitro groups is 1. The molecule has 0 atom stereocenters. The Morgan fingerprint density at radius 1 is 1.15 bits per heavy atom. The highest BCUT2D eigenvalue weighted by Crippen LogP contribution is 2.26. The Bertz CT molecular complexity index is 1350. The minimum atomic E-state index is -0.750. The summed E-state index contributed by atoms with van der Waals surface area (Å²) in [5.74, 6) is -0.704. The molecular formula is C23H21ClN4O6. The summed E-state index contributed by atoms with van der Waals surface area (Å²) in [5, 5.41) is 13.6. The van der Waals surface area contributed by atoms with Gasteiger partial charge in [0, 0.05) is 25.1 Å². The number of rotatable bonds is 5. The van der Waals surface area contributed by atoms with Crippen LogP contribution in [0.4, 0.5) is 11.4 Å². The lowest BCUT2D eigenvalue weighted by Crippen LogP contribution is -2.26. The number of aromatic nitrogens is 2. The molecule has 0 fully saturated rings. The molecule has 1 aliphatic heterocycles. The minimum Gasteiger partial charge on any atom is -0.452 e. The summed E-state index contributed by atoms with van der Waals surface area (Å²) in [6.45, 7) is 0.0409. The summed E-state index contributed by atoms with van der Waals surface area (Å²) in [7, 11) is 0. The number of carbonyl (C=O) groups excluding carboxylic acids is 2. The Hall–Kier alpha value is -3.79. The van der Waals surface area contributed by atoms with Crippen molar-refractivity contribution in [2.24, 2.45) is 0 Å². The summed E-state index contributed by atoms with van der Waals surface area (Å²) in [6.07, 6.45) is 4.75. The average molecular weight is 485 g/mol. The number of nitrogens with zero attached hydrogens (tertiary/aromatic N) is 3. The van der Waals surface area contributed by atoms with Crippen LogP contribution in [0, 0.1) is 10.1 Å². The number of anilines is 1. The molecule has 0 spiro atoms. The summed E-state index contributed by atoms with van der Waals surface area (Å²) in [4.78, 5) is 52.3. The van der Waals surface area contributed by atoms with Gasteiger partial charge in [0.15, 0.2) is 6.61 Å². The number of esters is 1. The van der Waals surface area contributed by atoms with E-state index in [1.165, 1.54) is 24.3 Å². The molecule has 0 unspecified atom stereocenters. The van der Waals surface area contributed by atoms with Gasteiger partial charge in [0.25, 0.3) is 17.2 Å². The van der Waals surface area contributed by atoms with E-state index in [1.54, 1.807) is 10.6 Å². The number of hydrogen-bond acceptors (Lipinski definition) is 7. The van der Waals surface area contributed by atoms with E-state index in [0.717, 1.165) is 31.7 Å². The monoisotopic (exact) mass is 484 g/mol. The van der Waals surface area contributed by atoms with Crippen LogP contribution in [0.25, 0.3) is 10.9 Å². The molecule has 0 radical (unpaired) electrons. The molecule has 1 N–H and O–H groups in total. The van der Waals surface area contributed by atoms with Gasteiger partial charge in [0.2, 0.25) is 0 Å². The zero-order valence-corrected chi connectivity index (χ0v) is 18.8. The zero-order chi connectivity index (χ0) is 24.2. The molecule has 0 aliphatic carbocycles. The Labute approximate surface area is 198 Å². The van der Waals surface area contributed by atoms with Gasteiger partial charge in [-0.15, -0.1) is 0 Å². The molecule has 34 heavy (non-hydrogen) atoms. The van der Waals surface area contributed by atoms with E-state index in [1.807, 2.05) is 0 Å². The molecule has 0 bridgehead atoms. The zero-order valence-electron chi connectivity index (χ0n) is 18.1. The topological polar surface area (TPSA) is 133 Å². The lowest BCUT2D eigenvalue weighted by molar-refractivity contribution is -0.384. The number of nitrogens with one attached hydrogen (secondary N) is 1. The Balaban J connectivity index is 1.45. The highest BCUT2D eigenvalue weighted by Gasteiger charge is 2.17. The van der Waals surface area contributed by atoms with Crippen LogP contribution in [0.3, 0.4) is 0 Å². The Kier molecular flexibility index (Phi) is 6.87. The number of amides is 1. The maximum atomic E-state index is 12.9. The van der Waals surface area contributed by atoms with Crippen LogP contribution in [0.5, 0.6) is 0 Å². The van der Waals surface area contributed by atoms with Gasteiger partial charge < -0.3 is 10.1 Å². The van der Waals surface area contributed by atoms with Crippen LogP contribution >= 0.6 is 11.6 Å². The number of hydrogen-bond donors (Lipinski definition) is 1. The fraction of sp³-hybridized carbons (Fsp3) is 0.304. The first kappa shape index (κ1) is 23.4. The van der Waals surface area contributed by atoms with E-state index in [2.05, 4.69) is 10.3 Å². The maximum Gasteiger partial charge on any atom is 0.338 e. The van der Waals surface area contributed by atoms with Crippen LogP contribution < -0.4 is 10.9 Å². The first-order valence-electron chi connectivity index (χ1n) is 10.8. The summed E-state index contributed by atoms with van der Waals surface area (Å²) >= 11 is 5.95. The van der Waals surface area contributed by atoms with Crippen LogP contribution in [0.15, 0.2) is 41.2 Å². The van der Waals surface area contributed by atoms with Crippen LogP contribution in [-0.2, 0) is 22.5 Å². The van der Waals surface area contributed by atoms with Gasteiger partial charge in [-0.3, -0.25) is 24.3 Å². The van der Waals surface area contributed by atoms with E-state index in [-0.39, 0.29) is 27.5 Å². The average Bonchev–Trinajstić information content (AvgIpc) is 2.79. The molecule has 1 amide bonds. The largest absolute Gasteiger partial charge is 0.452 e. The summed E-state index contributed by atoms with van der Waals surface area (Å²) in [5.41, 5.74) is 0.387. The lowest BCUT2D eigenvalue weighted by atomic mass is 10.1. The third-order valence-corrected chi connectivity index (χ3v) is 5.89. The Morgan fingerprint density at radius 3 is 2.71 bits per heavy atom. The molecule has 1 aliphatic rings. The number of benzene rings is 2. The van der Waals surface area contributed by atoms with Gasteiger partial charge in [0.1, 0.15) is 5.82 Å². The fourth-order valence-electron chi connectivity index (χ4n) is 3.84. The molecule has 4 rings (SSSR count). The molecular weight excluding hydrogens is 464 g/mol. The van der Waals surface area contributed by atoms with Crippen LogP contribution in [-0.4, -0.2) is 33.0 Å². The predicted octanol–water partition coefficient (Wildman–Crippen LogP) is 3.87. The van der Waals surface area contributed by atoms with Crippen molar-refractivity contribution < 1.29 is 19.2 Å². The van der Waals surface area contributed by atoms with E-state index in [0.29, 0.717) is 29.7 Å². The molecule has 3 aromatic rings. The van der Waals surface area contributed by atoms with Gasteiger partial charge in [-0.1, -0.05) is 24.4 Å². The highest BCUT2D eigenvalue weighted by atomic mass is 35.5. The van der Waals surface area contributed by atoms with E-state index in [4.69, 9.17) is 16.3 Å². The smallest absolute Gasteiger partial charge is 0.338 e. The summed E-state index contributed by atoms with van der Waals surface area (Å²) in [6, 6.07) is 8.10.